The molecule has 0 saturated carbocycles. The number of anilines is 2. The lowest BCUT2D eigenvalue weighted by molar-refractivity contribution is -0.119. The minimum absolute atomic E-state index is 0.0318. The monoisotopic (exact) mass is 263 g/mol. The molecule has 5 heteroatoms. The van der Waals surface area contributed by atoms with Gasteiger partial charge in [0.2, 0.25) is 5.91 Å². The first-order valence-corrected chi connectivity index (χ1v) is 6.68. The fourth-order valence-electron chi connectivity index (χ4n) is 2.19. The zero-order chi connectivity index (χ0) is 13.8. The van der Waals surface area contributed by atoms with E-state index in [1.54, 1.807) is 0 Å². The summed E-state index contributed by atoms with van der Waals surface area (Å²) >= 11 is 0. The Morgan fingerprint density at radius 3 is 3.11 bits per heavy atom. The second-order valence-electron chi connectivity index (χ2n) is 4.89. The SMILES string of the molecule is CCCNC(=O)CN1CC(C)Oc2ccc(N)cc21. The highest BCUT2D eigenvalue weighted by molar-refractivity contribution is 5.82. The van der Waals surface area contributed by atoms with Gasteiger partial charge >= 0.3 is 0 Å². The van der Waals surface area contributed by atoms with E-state index in [1.165, 1.54) is 0 Å². The van der Waals surface area contributed by atoms with Crippen LogP contribution in [-0.4, -0.2) is 31.6 Å². The van der Waals surface area contributed by atoms with Crippen LogP contribution in [0.1, 0.15) is 20.3 Å². The molecular formula is C14H21N3O2. The third-order valence-corrected chi connectivity index (χ3v) is 3.04. The van der Waals surface area contributed by atoms with Gasteiger partial charge in [0.05, 0.1) is 18.8 Å². The van der Waals surface area contributed by atoms with Gasteiger partial charge in [-0.25, -0.2) is 0 Å². The molecule has 1 aliphatic rings. The zero-order valence-electron chi connectivity index (χ0n) is 11.5. The first-order chi connectivity index (χ1) is 9.10. The highest BCUT2D eigenvalue weighted by atomic mass is 16.5. The Kier molecular flexibility index (Phi) is 4.14. The molecule has 0 aliphatic carbocycles. The summed E-state index contributed by atoms with van der Waals surface area (Å²) in [6.07, 6.45) is 1.00. The zero-order valence-corrected chi connectivity index (χ0v) is 11.5. The van der Waals surface area contributed by atoms with E-state index in [4.69, 9.17) is 10.5 Å². The van der Waals surface area contributed by atoms with Gasteiger partial charge in [-0.1, -0.05) is 6.92 Å². The summed E-state index contributed by atoms with van der Waals surface area (Å²) in [5, 5.41) is 2.89. The quantitative estimate of drug-likeness (QED) is 0.805. The van der Waals surface area contributed by atoms with Crippen LogP contribution in [0.5, 0.6) is 5.75 Å². The number of nitrogens with zero attached hydrogens (tertiary/aromatic N) is 1. The number of ether oxygens (including phenoxy) is 1. The standard InChI is InChI=1S/C14H21N3O2/c1-3-6-16-14(18)9-17-8-10(2)19-13-5-4-11(15)7-12(13)17/h4-5,7,10H,3,6,8-9,15H2,1-2H3,(H,16,18). The summed E-state index contributed by atoms with van der Waals surface area (Å²) in [6.45, 7) is 5.77. The van der Waals surface area contributed by atoms with Crippen LogP contribution in [-0.2, 0) is 4.79 Å². The maximum Gasteiger partial charge on any atom is 0.239 e. The number of carbonyl (C=O) groups is 1. The van der Waals surface area contributed by atoms with Crippen LogP contribution in [0.2, 0.25) is 0 Å². The Morgan fingerprint density at radius 2 is 2.37 bits per heavy atom. The lowest BCUT2D eigenvalue weighted by Crippen LogP contribution is -2.44. The molecule has 1 aromatic rings. The number of rotatable bonds is 4. The molecule has 1 heterocycles. The second kappa shape index (κ2) is 5.82. The number of hydrogen-bond acceptors (Lipinski definition) is 4. The third-order valence-electron chi connectivity index (χ3n) is 3.04. The van der Waals surface area contributed by atoms with E-state index in [-0.39, 0.29) is 12.0 Å². The number of fused-ring (bicyclic) bond motifs is 1. The molecule has 1 unspecified atom stereocenters. The number of carbonyl (C=O) groups excluding carboxylic acids is 1. The molecule has 0 bridgehead atoms. The van der Waals surface area contributed by atoms with Gasteiger partial charge in [-0.2, -0.15) is 0 Å². The van der Waals surface area contributed by atoms with Crippen molar-refractivity contribution in [3.05, 3.63) is 18.2 Å². The molecule has 104 valence electrons. The van der Waals surface area contributed by atoms with Crippen LogP contribution < -0.4 is 20.7 Å². The summed E-state index contributed by atoms with van der Waals surface area (Å²) in [4.78, 5) is 13.9. The van der Waals surface area contributed by atoms with Gasteiger partial charge in [0, 0.05) is 12.2 Å². The highest BCUT2D eigenvalue weighted by Crippen LogP contribution is 2.34. The minimum atomic E-state index is 0.0318. The van der Waals surface area contributed by atoms with E-state index in [9.17, 15) is 4.79 Å². The van der Waals surface area contributed by atoms with Crippen molar-refractivity contribution in [2.24, 2.45) is 0 Å². The van der Waals surface area contributed by atoms with Crippen LogP contribution in [0.25, 0.3) is 0 Å². The number of hydrogen-bond donors (Lipinski definition) is 2. The average molecular weight is 263 g/mol. The van der Waals surface area contributed by atoms with Gasteiger partial charge in [-0.15, -0.1) is 0 Å². The topological polar surface area (TPSA) is 67.6 Å². The molecule has 5 nitrogen and oxygen atoms in total. The molecule has 0 aromatic heterocycles. The first-order valence-electron chi connectivity index (χ1n) is 6.68. The van der Waals surface area contributed by atoms with Gasteiger partial charge < -0.3 is 20.7 Å². The largest absolute Gasteiger partial charge is 0.487 e. The van der Waals surface area contributed by atoms with Crippen LogP contribution in [0.4, 0.5) is 11.4 Å². The normalized spacial score (nSPS) is 17.6. The summed E-state index contributed by atoms with van der Waals surface area (Å²) in [6, 6.07) is 5.53. The predicted molar refractivity (Wildman–Crippen MR) is 76.5 cm³/mol. The van der Waals surface area contributed by atoms with Crippen molar-refractivity contribution < 1.29 is 9.53 Å². The van der Waals surface area contributed by atoms with Crippen molar-refractivity contribution >= 4 is 17.3 Å². The number of nitrogens with two attached hydrogens (primary N) is 1. The average Bonchev–Trinajstić information content (AvgIpc) is 2.37. The highest BCUT2D eigenvalue weighted by Gasteiger charge is 2.24. The molecule has 0 saturated heterocycles. The number of benzene rings is 1. The van der Waals surface area contributed by atoms with Gasteiger partial charge in [0.15, 0.2) is 0 Å². The Labute approximate surface area is 113 Å². The lowest BCUT2D eigenvalue weighted by atomic mass is 10.2. The number of nitrogen functional groups attached to an aromatic ring is 1. The van der Waals surface area contributed by atoms with Crippen LogP contribution in [0.15, 0.2) is 18.2 Å². The predicted octanol–water partition coefficient (Wildman–Crippen LogP) is 1.38. The molecule has 0 radical (unpaired) electrons. The van der Waals surface area contributed by atoms with E-state index in [0.717, 1.165) is 17.9 Å². The third kappa shape index (κ3) is 3.30. The van der Waals surface area contributed by atoms with Gasteiger partial charge in [0.1, 0.15) is 11.9 Å². The molecule has 1 aliphatic heterocycles. The van der Waals surface area contributed by atoms with E-state index in [2.05, 4.69) is 5.32 Å². The molecule has 0 fully saturated rings. The van der Waals surface area contributed by atoms with Gasteiger partial charge in [0.25, 0.3) is 0 Å². The second-order valence-corrected chi connectivity index (χ2v) is 4.89. The first kappa shape index (κ1) is 13.5. The lowest BCUT2D eigenvalue weighted by Gasteiger charge is -2.34. The van der Waals surface area contributed by atoms with Gasteiger partial charge in [-0.3, -0.25) is 4.79 Å². The van der Waals surface area contributed by atoms with Crippen LogP contribution >= 0.6 is 0 Å². The van der Waals surface area contributed by atoms with Crippen molar-refractivity contribution in [2.75, 3.05) is 30.3 Å². The maximum absolute atomic E-state index is 11.8. The van der Waals surface area contributed by atoms with E-state index >= 15 is 0 Å². The molecule has 1 amide bonds. The molecule has 0 spiro atoms. The van der Waals surface area contributed by atoms with Crippen LogP contribution in [0.3, 0.4) is 0 Å². The van der Waals surface area contributed by atoms with Gasteiger partial charge in [-0.05, 0) is 31.5 Å². The summed E-state index contributed by atoms with van der Waals surface area (Å²) < 4.78 is 5.75. The van der Waals surface area contributed by atoms with Crippen molar-refractivity contribution in [1.29, 1.82) is 0 Å². The van der Waals surface area contributed by atoms with E-state index < -0.39 is 0 Å². The van der Waals surface area contributed by atoms with Crippen molar-refractivity contribution in [3.63, 3.8) is 0 Å². The Hall–Kier alpha value is -1.91. The molecule has 2 rings (SSSR count). The minimum Gasteiger partial charge on any atom is -0.487 e. The Bertz CT molecular complexity index is 462. The summed E-state index contributed by atoms with van der Waals surface area (Å²) in [7, 11) is 0. The fraction of sp³-hybridized carbons (Fsp3) is 0.500. The number of amides is 1. The molecule has 3 N–H and O–H groups in total. The van der Waals surface area contributed by atoms with E-state index in [0.29, 0.717) is 25.3 Å². The van der Waals surface area contributed by atoms with Crippen molar-refractivity contribution in [2.45, 2.75) is 26.4 Å². The summed E-state index contributed by atoms with van der Waals surface area (Å²) in [5.41, 5.74) is 7.38. The van der Waals surface area contributed by atoms with E-state index in [1.807, 2.05) is 36.9 Å². The van der Waals surface area contributed by atoms with Crippen LogP contribution in [0, 0.1) is 0 Å². The molecule has 1 atom stereocenters. The summed E-state index contributed by atoms with van der Waals surface area (Å²) in [5.74, 6) is 0.820. The molecule has 19 heavy (non-hydrogen) atoms. The van der Waals surface area contributed by atoms with Crippen molar-refractivity contribution in [1.82, 2.24) is 5.32 Å². The molecular weight excluding hydrogens is 242 g/mol. The molecule has 1 aromatic carbocycles. The number of nitrogens with one attached hydrogen (secondary N) is 1. The Balaban J connectivity index is 2.13. The Morgan fingerprint density at radius 1 is 1.58 bits per heavy atom. The fourth-order valence-corrected chi connectivity index (χ4v) is 2.19. The maximum atomic E-state index is 11.8. The smallest absolute Gasteiger partial charge is 0.239 e. The van der Waals surface area contributed by atoms with Crippen molar-refractivity contribution in [3.8, 4) is 5.75 Å².